The molecule has 0 fully saturated rings. The summed E-state index contributed by atoms with van der Waals surface area (Å²) in [7, 11) is 1.59. The Morgan fingerprint density at radius 1 is 1.43 bits per heavy atom. The first-order valence-electron chi connectivity index (χ1n) is 7.01. The molecule has 1 heterocycles. The van der Waals surface area contributed by atoms with Gasteiger partial charge in [-0.2, -0.15) is 0 Å². The van der Waals surface area contributed by atoms with Crippen LogP contribution in [0.5, 0.6) is 5.75 Å². The molecular weight excluding hydrogens is 268 g/mol. The molecule has 1 aliphatic rings. The molecule has 21 heavy (non-hydrogen) atoms. The Bertz CT molecular complexity index is 685. The summed E-state index contributed by atoms with van der Waals surface area (Å²) in [5.74, 6) is 0.764. The third-order valence-corrected chi connectivity index (χ3v) is 3.74. The minimum Gasteiger partial charge on any atom is -0.490 e. The summed E-state index contributed by atoms with van der Waals surface area (Å²) in [5.41, 5.74) is 1.87. The van der Waals surface area contributed by atoms with Crippen molar-refractivity contribution in [2.45, 2.75) is 12.5 Å². The fraction of sp³-hybridized carbons (Fsp3) is 0.312. The first-order chi connectivity index (χ1) is 10.2. The maximum absolute atomic E-state index is 11.2. The molecule has 3 rings (SSSR count). The molecule has 2 aromatic rings. The van der Waals surface area contributed by atoms with E-state index in [1.54, 1.807) is 7.05 Å². The lowest BCUT2D eigenvalue weighted by Gasteiger charge is -2.12. The van der Waals surface area contributed by atoms with Crippen molar-refractivity contribution in [2.75, 3.05) is 20.2 Å². The highest BCUT2D eigenvalue weighted by Gasteiger charge is 2.27. The van der Waals surface area contributed by atoms with Gasteiger partial charge in [0.15, 0.2) is 0 Å². The predicted octanol–water partition coefficient (Wildman–Crippen LogP) is 1.74. The standard InChI is InChI=1S/C16H18N2O3/c1-17-16(20)18-7-6-11-8-10-4-2-3-5-12(10)14-13(19)9-21-15(11)14/h2-5,8,13,19H,6-7,9H2,1H3,(H2,17,18,20). The molecule has 1 aliphatic heterocycles. The van der Waals surface area contributed by atoms with Crippen molar-refractivity contribution >= 4 is 16.8 Å². The Morgan fingerprint density at radius 3 is 3.05 bits per heavy atom. The number of carbonyl (C=O) groups is 1. The lowest BCUT2D eigenvalue weighted by atomic mass is 9.96. The number of aliphatic hydroxyl groups excluding tert-OH is 1. The summed E-state index contributed by atoms with van der Waals surface area (Å²) in [6, 6.07) is 9.82. The van der Waals surface area contributed by atoms with Crippen LogP contribution in [-0.2, 0) is 6.42 Å². The summed E-state index contributed by atoms with van der Waals surface area (Å²) in [6.07, 6.45) is 0.0737. The van der Waals surface area contributed by atoms with Crippen molar-refractivity contribution in [1.82, 2.24) is 10.6 Å². The first kappa shape index (κ1) is 13.7. The molecule has 1 atom stereocenters. The summed E-state index contributed by atoms with van der Waals surface area (Å²) >= 11 is 0. The van der Waals surface area contributed by atoms with Gasteiger partial charge in [0.1, 0.15) is 18.5 Å². The molecule has 5 heteroatoms. The Labute approximate surface area is 122 Å². The van der Waals surface area contributed by atoms with Gasteiger partial charge in [-0.3, -0.25) is 0 Å². The van der Waals surface area contributed by atoms with Crippen molar-refractivity contribution < 1.29 is 14.6 Å². The zero-order valence-electron chi connectivity index (χ0n) is 11.8. The van der Waals surface area contributed by atoms with Crippen LogP contribution < -0.4 is 15.4 Å². The van der Waals surface area contributed by atoms with Gasteiger partial charge >= 0.3 is 6.03 Å². The Hall–Kier alpha value is -2.27. The second-order valence-electron chi connectivity index (χ2n) is 5.08. The zero-order chi connectivity index (χ0) is 14.8. The van der Waals surface area contributed by atoms with Crippen LogP contribution in [0.2, 0.25) is 0 Å². The second kappa shape index (κ2) is 5.61. The van der Waals surface area contributed by atoms with E-state index >= 15 is 0 Å². The molecular formula is C16H18N2O3. The number of fused-ring (bicyclic) bond motifs is 3. The van der Waals surface area contributed by atoms with Crippen LogP contribution in [0.25, 0.3) is 10.8 Å². The predicted molar refractivity (Wildman–Crippen MR) is 80.6 cm³/mol. The molecule has 0 radical (unpaired) electrons. The van der Waals surface area contributed by atoms with Crippen LogP contribution in [0.3, 0.4) is 0 Å². The number of ether oxygens (including phenoxy) is 1. The molecule has 0 aliphatic carbocycles. The van der Waals surface area contributed by atoms with Gasteiger partial charge in [-0.05, 0) is 28.8 Å². The van der Waals surface area contributed by atoms with Crippen LogP contribution in [0.1, 0.15) is 17.2 Å². The lowest BCUT2D eigenvalue weighted by Crippen LogP contribution is -2.34. The van der Waals surface area contributed by atoms with Gasteiger partial charge in [0.05, 0.1) is 0 Å². The SMILES string of the molecule is CNC(=O)NCCc1cc2ccccc2c2c1OCC2O. The average molecular weight is 286 g/mol. The van der Waals surface area contributed by atoms with Crippen molar-refractivity contribution in [3.05, 3.63) is 41.5 Å². The number of rotatable bonds is 3. The minimum atomic E-state index is -0.586. The van der Waals surface area contributed by atoms with E-state index in [4.69, 9.17) is 4.74 Å². The summed E-state index contributed by atoms with van der Waals surface area (Å²) in [4.78, 5) is 11.2. The molecule has 0 aromatic heterocycles. The minimum absolute atomic E-state index is 0.201. The number of urea groups is 1. The fourth-order valence-corrected chi connectivity index (χ4v) is 2.75. The van der Waals surface area contributed by atoms with Crippen LogP contribution >= 0.6 is 0 Å². The molecule has 2 aromatic carbocycles. The zero-order valence-corrected chi connectivity index (χ0v) is 11.8. The summed E-state index contributed by atoms with van der Waals surface area (Å²) in [6.45, 7) is 0.809. The molecule has 5 nitrogen and oxygen atoms in total. The third-order valence-electron chi connectivity index (χ3n) is 3.74. The van der Waals surface area contributed by atoms with E-state index in [-0.39, 0.29) is 6.03 Å². The van der Waals surface area contributed by atoms with Crippen LogP contribution in [0.15, 0.2) is 30.3 Å². The Balaban J connectivity index is 1.94. The molecule has 1 unspecified atom stereocenters. The van der Waals surface area contributed by atoms with Gasteiger partial charge in [-0.25, -0.2) is 4.79 Å². The summed E-state index contributed by atoms with van der Waals surface area (Å²) < 4.78 is 5.66. The smallest absolute Gasteiger partial charge is 0.314 e. The lowest BCUT2D eigenvalue weighted by molar-refractivity contribution is 0.141. The summed E-state index contributed by atoms with van der Waals surface area (Å²) in [5, 5.41) is 17.5. The van der Waals surface area contributed by atoms with Gasteiger partial charge in [0.25, 0.3) is 0 Å². The van der Waals surface area contributed by atoms with Crippen molar-refractivity contribution in [1.29, 1.82) is 0 Å². The molecule has 0 spiro atoms. The Kier molecular flexibility index (Phi) is 3.66. The van der Waals surface area contributed by atoms with E-state index in [1.165, 1.54) is 0 Å². The van der Waals surface area contributed by atoms with Gasteiger partial charge < -0.3 is 20.5 Å². The van der Waals surface area contributed by atoms with E-state index in [2.05, 4.69) is 16.7 Å². The monoisotopic (exact) mass is 286 g/mol. The number of hydrogen-bond acceptors (Lipinski definition) is 3. The highest BCUT2D eigenvalue weighted by atomic mass is 16.5. The van der Waals surface area contributed by atoms with Gasteiger partial charge in [0.2, 0.25) is 0 Å². The van der Waals surface area contributed by atoms with Crippen molar-refractivity contribution in [3.8, 4) is 5.75 Å². The van der Waals surface area contributed by atoms with Crippen molar-refractivity contribution in [3.63, 3.8) is 0 Å². The van der Waals surface area contributed by atoms with Gasteiger partial charge in [-0.15, -0.1) is 0 Å². The van der Waals surface area contributed by atoms with E-state index in [0.717, 1.165) is 27.6 Å². The maximum atomic E-state index is 11.2. The number of amides is 2. The average Bonchev–Trinajstić information content (AvgIpc) is 2.90. The molecule has 0 bridgehead atoms. The molecule has 2 amide bonds. The Morgan fingerprint density at radius 2 is 2.24 bits per heavy atom. The molecule has 3 N–H and O–H groups in total. The largest absolute Gasteiger partial charge is 0.490 e. The normalized spacial score (nSPS) is 16.4. The van der Waals surface area contributed by atoms with E-state index in [9.17, 15) is 9.90 Å². The number of nitrogens with one attached hydrogen (secondary N) is 2. The number of carbonyl (C=O) groups excluding carboxylic acids is 1. The van der Waals surface area contributed by atoms with E-state index in [0.29, 0.717) is 19.6 Å². The number of benzene rings is 2. The third kappa shape index (κ3) is 2.52. The van der Waals surface area contributed by atoms with Crippen LogP contribution in [0, 0.1) is 0 Å². The molecule has 0 saturated carbocycles. The van der Waals surface area contributed by atoms with Gasteiger partial charge in [-0.1, -0.05) is 24.3 Å². The van der Waals surface area contributed by atoms with Gasteiger partial charge in [0, 0.05) is 19.2 Å². The quantitative estimate of drug-likeness (QED) is 0.805. The number of hydrogen-bond donors (Lipinski definition) is 3. The molecule has 110 valence electrons. The highest BCUT2D eigenvalue weighted by molar-refractivity contribution is 5.90. The van der Waals surface area contributed by atoms with Crippen LogP contribution in [-0.4, -0.2) is 31.3 Å². The van der Waals surface area contributed by atoms with Crippen LogP contribution in [0.4, 0.5) is 4.79 Å². The van der Waals surface area contributed by atoms with Crippen molar-refractivity contribution in [2.24, 2.45) is 0 Å². The highest BCUT2D eigenvalue weighted by Crippen LogP contribution is 2.41. The number of aliphatic hydroxyl groups is 1. The van der Waals surface area contributed by atoms with E-state index < -0.39 is 6.10 Å². The van der Waals surface area contributed by atoms with E-state index in [1.807, 2.05) is 24.3 Å². The second-order valence-corrected chi connectivity index (χ2v) is 5.08. The first-order valence-corrected chi connectivity index (χ1v) is 7.01. The maximum Gasteiger partial charge on any atom is 0.314 e. The fourth-order valence-electron chi connectivity index (χ4n) is 2.75. The topological polar surface area (TPSA) is 70.6 Å². The molecule has 0 saturated heterocycles.